The number of ether oxygens (including phenoxy) is 1. The van der Waals surface area contributed by atoms with Crippen molar-refractivity contribution in [3.8, 4) is 5.75 Å². The number of methoxy groups -OCH3 is 1. The van der Waals surface area contributed by atoms with Gasteiger partial charge in [-0.25, -0.2) is 0 Å². The van der Waals surface area contributed by atoms with Gasteiger partial charge in [0.2, 0.25) is 0 Å². The molecule has 0 radical (unpaired) electrons. The molecule has 0 amide bonds. The molecule has 1 aliphatic carbocycles. The molecule has 0 fully saturated rings. The fraction of sp³-hybridized carbons (Fsp3) is 0.263. The van der Waals surface area contributed by atoms with E-state index < -0.39 is 4.92 Å². The molecular weight excluding hydrogens is 340 g/mol. The van der Waals surface area contributed by atoms with Gasteiger partial charge in [-0.3, -0.25) is 10.1 Å². The number of fused-ring (bicyclic) bond motifs is 3. The molecule has 0 unspecified atom stereocenters. The summed E-state index contributed by atoms with van der Waals surface area (Å²) in [6.45, 7) is 0. The fourth-order valence-corrected chi connectivity index (χ4v) is 4.12. The van der Waals surface area contributed by atoms with Crippen molar-refractivity contribution in [2.24, 2.45) is 5.92 Å². The van der Waals surface area contributed by atoms with Gasteiger partial charge in [0.1, 0.15) is 0 Å². The van der Waals surface area contributed by atoms with Crippen LogP contribution in [0.3, 0.4) is 0 Å². The Morgan fingerprint density at radius 2 is 2.12 bits per heavy atom. The molecule has 3 atom stereocenters. The first kappa shape index (κ1) is 16.0. The number of allylic oxidation sites excluding steroid dienone is 2. The van der Waals surface area contributed by atoms with E-state index in [1.165, 1.54) is 12.7 Å². The summed E-state index contributed by atoms with van der Waals surface area (Å²) in [7, 11) is 1.44. The molecule has 4 rings (SSSR count). The first-order valence-electron chi connectivity index (χ1n) is 8.13. The SMILES string of the molecule is COc1ccc([C@H]2Nc3ccc(Cl)cc3[C@H]3C=CC[C@H]32)cc1[N+](=O)[O-]. The Bertz CT molecular complexity index is 881. The molecule has 1 N–H and O–H groups in total. The number of halogens is 1. The van der Waals surface area contributed by atoms with E-state index in [-0.39, 0.29) is 23.4 Å². The van der Waals surface area contributed by atoms with Crippen LogP contribution in [0.1, 0.15) is 29.5 Å². The molecule has 2 aromatic rings. The third kappa shape index (κ3) is 2.65. The summed E-state index contributed by atoms with van der Waals surface area (Å²) < 4.78 is 5.12. The Hall–Kier alpha value is -2.53. The molecule has 1 heterocycles. The Morgan fingerprint density at radius 1 is 1.28 bits per heavy atom. The normalized spacial score (nSPS) is 23.5. The fourth-order valence-electron chi connectivity index (χ4n) is 3.94. The average Bonchev–Trinajstić information content (AvgIpc) is 3.10. The minimum absolute atomic E-state index is 0.00159. The van der Waals surface area contributed by atoms with Gasteiger partial charge in [0.05, 0.1) is 18.1 Å². The largest absolute Gasteiger partial charge is 0.490 e. The molecule has 0 aromatic heterocycles. The maximum Gasteiger partial charge on any atom is 0.311 e. The zero-order chi connectivity index (χ0) is 17.6. The molecule has 6 heteroatoms. The molecule has 0 spiro atoms. The van der Waals surface area contributed by atoms with Gasteiger partial charge in [0.15, 0.2) is 5.75 Å². The smallest absolute Gasteiger partial charge is 0.311 e. The monoisotopic (exact) mass is 356 g/mol. The molecular formula is C19H17ClN2O3. The highest BCUT2D eigenvalue weighted by molar-refractivity contribution is 6.30. The molecule has 0 bridgehead atoms. The zero-order valence-electron chi connectivity index (χ0n) is 13.6. The van der Waals surface area contributed by atoms with Gasteiger partial charge in [0, 0.05) is 22.7 Å². The van der Waals surface area contributed by atoms with Crippen molar-refractivity contribution >= 4 is 23.0 Å². The summed E-state index contributed by atoms with van der Waals surface area (Å²) in [4.78, 5) is 11.0. The molecule has 25 heavy (non-hydrogen) atoms. The molecule has 2 aromatic carbocycles. The van der Waals surface area contributed by atoms with E-state index in [1.807, 2.05) is 24.3 Å². The van der Waals surface area contributed by atoms with Crippen molar-refractivity contribution in [1.29, 1.82) is 0 Å². The van der Waals surface area contributed by atoms with E-state index >= 15 is 0 Å². The van der Waals surface area contributed by atoms with Crippen molar-refractivity contribution in [1.82, 2.24) is 0 Å². The standard InChI is InChI=1S/C19H17ClN2O3/c1-25-18-8-5-11(9-17(18)22(23)24)19-14-4-2-3-13(14)15-10-12(20)6-7-16(15)21-19/h2-3,5-10,13-14,19,21H,4H2,1H3/t13-,14+,19+/m0/s1. The predicted octanol–water partition coefficient (Wildman–Crippen LogP) is 5.08. The van der Waals surface area contributed by atoms with Crippen LogP contribution in [0.25, 0.3) is 0 Å². The number of hydrogen-bond donors (Lipinski definition) is 1. The van der Waals surface area contributed by atoms with Gasteiger partial charge in [-0.05, 0) is 47.7 Å². The molecule has 1 aliphatic heterocycles. The first-order valence-corrected chi connectivity index (χ1v) is 8.51. The van der Waals surface area contributed by atoms with Crippen LogP contribution in [0.15, 0.2) is 48.6 Å². The number of rotatable bonds is 3. The Labute approximate surface area is 150 Å². The van der Waals surface area contributed by atoms with E-state index in [1.54, 1.807) is 12.1 Å². The predicted molar refractivity (Wildman–Crippen MR) is 97.5 cm³/mol. The first-order chi connectivity index (χ1) is 12.1. The second kappa shape index (κ2) is 6.08. The van der Waals surface area contributed by atoms with Crippen molar-refractivity contribution in [2.75, 3.05) is 12.4 Å². The Morgan fingerprint density at radius 3 is 2.88 bits per heavy atom. The van der Waals surface area contributed by atoms with E-state index in [9.17, 15) is 10.1 Å². The lowest BCUT2D eigenvalue weighted by atomic mass is 9.77. The third-order valence-corrected chi connectivity index (χ3v) is 5.32. The summed E-state index contributed by atoms with van der Waals surface area (Å²) >= 11 is 6.17. The van der Waals surface area contributed by atoms with Crippen LogP contribution in [0, 0.1) is 16.0 Å². The van der Waals surface area contributed by atoms with E-state index in [2.05, 4.69) is 17.5 Å². The number of nitro benzene ring substituents is 1. The number of nitrogens with one attached hydrogen (secondary N) is 1. The summed E-state index contributed by atoms with van der Waals surface area (Å²) in [5.41, 5.74) is 3.10. The lowest BCUT2D eigenvalue weighted by Gasteiger charge is -2.37. The van der Waals surface area contributed by atoms with Crippen molar-refractivity contribution in [3.63, 3.8) is 0 Å². The second-order valence-electron chi connectivity index (χ2n) is 6.40. The van der Waals surface area contributed by atoms with Crippen LogP contribution in [0.2, 0.25) is 5.02 Å². The number of hydrogen-bond acceptors (Lipinski definition) is 4. The summed E-state index contributed by atoms with van der Waals surface area (Å²) in [6.07, 6.45) is 5.32. The van der Waals surface area contributed by atoms with Gasteiger partial charge in [0.25, 0.3) is 0 Å². The van der Waals surface area contributed by atoms with Crippen LogP contribution in [0.4, 0.5) is 11.4 Å². The van der Waals surface area contributed by atoms with Gasteiger partial charge in [-0.1, -0.05) is 29.8 Å². The minimum atomic E-state index is -0.400. The molecule has 5 nitrogen and oxygen atoms in total. The van der Waals surface area contributed by atoms with E-state index in [4.69, 9.17) is 16.3 Å². The summed E-state index contributed by atoms with van der Waals surface area (Å²) in [5, 5.41) is 15.6. The lowest BCUT2D eigenvalue weighted by Crippen LogP contribution is -2.29. The number of anilines is 1. The van der Waals surface area contributed by atoms with Gasteiger partial charge < -0.3 is 10.1 Å². The Kier molecular flexibility index (Phi) is 3.88. The molecule has 128 valence electrons. The lowest BCUT2D eigenvalue weighted by molar-refractivity contribution is -0.385. The maximum atomic E-state index is 11.4. The van der Waals surface area contributed by atoms with Crippen molar-refractivity contribution < 1.29 is 9.66 Å². The summed E-state index contributed by atoms with van der Waals surface area (Å²) in [5.74, 6) is 0.845. The highest BCUT2D eigenvalue weighted by Gasteiger charge is 2.38. The highest BCUT2D eigenvalue weighted by atomic mass is 35.5. The number of nitro groups is 1. The van der Waals surface area contributed by atoms with Gasteiger partial charge in [-0.2, -0.15) is 0 Å². The van der Waals surface area contributed by atoms with Crippen molar-refractivity contribution in [3.05, 3.63) is 74.8 Å². The highest BCUT2D eigenvalue weighted by Crippen LogP contribution is 2.50. The zero-order valence-corrected chi connectivity index (χ0v) is 14.4. The topological polar surface area (TPSA) is 64.4 Å². The average molecular weight is 357 g/mol. The Balaban J connectivity index is 1.78. The molecule has 0 saturated carbocycles. The van der Waals surface area contributed by atoms with Gasteiger partial charge in [-0.15, -0.1) is 0 Å². The maximum absolute atomic E-state index is 11.4. The van der Waals surface area contributed by atoms with Crippen LogP contribution in [-0.4, -0.2) is 12.0 Å². The molecule has 0 saturated heterocycles. The molecule has 2 aliphatic rings. The van der Waals surface area contributed by atoms with Crippen LogP contribution >= 0.6 is 11.6 Å². The van der Waals surface area contributed by atoms with Gasteiger partial charge >= 0.3 is 5.69 Å². The van der Waals surface area contributed by atoms with E-state index in [0.717, 1.165) is 22.7 Å². The second-order valence-corrected chi connectivity index (χ2v) is 6.83. The number of benzene rings is 2. The van der Waals surface area contributed by atoms with Crippen LogP contribution < -0.4 is 10.1 Å². The number of nitrogens with zero attached hydrogens (tertiary/aromatic N) is 1. The third-order valence-electron chi connectivity index (χ3n) is 5.08. The summed E-state index contributed by atoms with van der Waals surface area (Å²) in [6, 6.07) is 11.0. The van der Waals surface area contributed by atoms with Crippen LogP contribution in [-0.2, 0) is 0 Å². The van der Waals surface area contributed by atoms with E-state index in [0.29, 0.717) is 5.92 Å². The quantitative estimate of drug-likeness (QED) is 0.473. The minimum Gasteiger partial charge on any atom is -0.490 e. The van der Waals surface area contributed by atoms with Crippen LogP contribution in [0.5, 0.6) is 5.75 Å². The van der Waals surface area contributed by atoms with Crippen molar-refractivity contribution in [2.45, 2.75) is 18.4 Å².